The average molecular weight is 353 g/mol. The first kappa shape index (κ1) is 17.5. The van der Waals surface area contributed by atoms with Gasteiger partial charge in [0.1, 0.15) is 22.9 Å². The number of carbonyl (C=O) groups is 2. The third-order valence-electron chi connectivity index (χ3n) is 3.70. The summed E-state index contributed by atoms with van der Waals surface area (Å²) >= 11 is 0. The molecule has 0 atom stereocenters. The summed E-state index contributed by atoms with van der Waals surface area (Å²) in [6.07, 6.45) is 0. The number of rotatable bonds is 5. The van der Waals surface area contributed by atoms with Crippen molar-refractivity contribution in [2.45, 2.75) is 20.8 Å². The van der Waals surface area contributed by atoms with Gasteiger partial charge >= 0.3 is 5.97 Å². The molecule has 1 amide bonds. The van der Waals surface area contributed by atoms with Crippen molar-refractivity contribution in [2.75, 3.05) is 11.9 Å². The fourth-order valence-electron chi connectivity index (χ4n) is 2.58. The number of aryl methyl sites for hydroxylation is 3. The highest BCUT2D eigenvalue weighted by Crippen LogP contribution is 2.17. The molecule has 0 aliphatic rings. The molecule has 7 nitrogen and oxygen atoms in total. The minimum absolute atomic E-state index is 0.320. The number of amides is 1. The second-order valence-electron chi connectivity index (χ2n) is 5.87. The van der Waals surface area contributed by atoms with Crippen LogP contribution in [0.3, 0.4) is 0 Å². The quantitative estimate of drug-likeness (QED) is 0.712. The Morgan fingerprint density at radius 3 is 2.54 bits per heavy atom. The van der Waals surface area contributed by atoms with Gasteiger partial charge in [0.2, 0.25) is 0 Å². The van der Waals surface area contributed by atoms with Gasteiger partial charge in [-0.05, 0) is 39.0 Å². The van der Waals surface area contributed by atoms with Crippen LogP contribution in [0.25, 0.3) is 5.69 Å². The van der Waals surface area contributed by atoms with Crippen LogP contribution >= 0.6 is 0 Å². The molecule has 3 rings (SSSR count). The SMILES string of the molecule is Cc1cc(NC(=O)COC(=O)c2cc(C)oc2C)n(-c2ccccc2)n1. The summed E-state index contributed by atoms with van der Waals surface area (Å²) in [5, 5.41) is 7.09. The van der Waals surface area contributed by atoms with Crippen LogP contribution in [0.5, 0.6) is 0 Å². The van der Waals surface area contributed by atoms with Crippen LogP contribution in [0.2, 0.25) is 0 Å². The Kier molecular flexibility index (Phi) is 4.88. The van der Waals surface area contributed by atoms with E-state index in [0.29, 0.717) is 22.9 Å². The summed E-state index contributed by atoms with van der Waals surface area (Å²) in [6.45, 7) is 4.84. The van der Waals surface area contributed by atoms with Gasteiger partial charge in [-0.25, -0.2) is 9.48 Å². The van der Waals surface area contributed by atoms with Crippen molar-refractivity contribution in [1.29, 1.82) is 0 Å². The largest absolute Gasteiger partial charge is 0.466 e. The number of nitrogens with zero attached hydrogens (tertiary/aromatic N) is 2. The second-order valence-corrected chi connectivity index (χ2v) is 5.87. The number of hydrogen-bond acceptors (Lipinski definition) is 5. The highest BCUT2D eigenvalue weighted by atomic mass is 16.5. The third-order valence-corrected chi connectivity index (χ3v) is 3.70. The van der Waals surface area contributed by atoms with Gasteiger partial charge in [-0.15, -0.1) is 0 Å². The van der Waals surface area contributed by atoms with E-state index in [1.165, 1.54) is 0 Å². The number of para-hydroxylation sites is 1. The van der Waals surface area contributed by atoms with E-state index in [2.05, 4.69) is 10.4 Å². The summed E-state index contributed by atoms with van der Waals surface area (Å²) in [5.74, 6) is 0.535. The minimum Gasteiger partial charge on any atom is -0.466 e. The van der Waals surface area contributed by atoms with Crippen molar-refractivity contribution in [3.05, 3.63) is 65.2 Å². The first-order valence-electron chi connectivity index (χ1n) is 8.10. The fraction of sp³-hybridized carbons (Fsp3) is 0.211. The molecule has 0 saturated heterocycles. The van der Waals surface area contributed by atoms with Crippen LogP contribution in [0.4, 0.5) is 5.82 Å². The maximum Gasteiger partial charge on any atom is 0.342 e. The third kappa shape index (κ3) is 3.83. The van der Waals surface area contributed by atoms with Gasteiger partial charge in [0.05, 0.1) is 11.4 Å². The van der Waals surface area contributed by atoms with Crippen molar-refractivity contribution in [3.63, 3.8) is 0 Å². The molecular formula is C19H19N3O4. The van der Waals surface area contributed by atoms with Crippen molar-refractivity contribution >= 4 is 17.7 Å². The van der Waals surface area contributed by atoms with Crippen LogP contribution in [0.1, 0.15) is 27.6 Å². The predicted molar refractivity (Wildman–Crippen MR) is 95.4 cm³/mol. The molecule has 0 saturated carbocycles. The van der Waals surface area contributed by atoms with Crippen molar-refractivity contribution in [3.8, 4) is 5.69 Å². The van der Waals surface area contributed by atoms with Crippen LogP contribution in [0, 0.1) is 20.8 Å². The number of benzene rings is 1. The van der Waals surface area contributed by atoms with Crippen molar-refractivity contribution in [2.24, 2.45) is 0 Å². The van der Waals surface area contributed by atoms with Crippen LogP contribution in [0.15, 0.2) is 46.9 Å². The summed E-state index contributed by atoms with van der Waals surface area (Å²) in [4.78, 5) is 24.2. The monoisotopic (exact) mass is 353 g/mol. The summed E-state index contributed by atoms with van der Waals surface area (Å²) in [5.41, 5.74) is 1.89. The molecule has 3 aromatic rings. The number of carbonyl (C=O) groups excluding carboxylic acids is 2. The van der Waals surface area contributed by atoms with Gasteiger partial charge in [-0.1, -0.05) is 18.2 Å². The molecule has 2 heterocycles. The number of aromatic nitrogens is 2. The maximum atomic E-state index is 12.2. The predicted octanol–water partition coefficient (Wildman–Crippen LogP) is 3.19. The normalized spacial score (nSPS) is 10.6. The first-order chi connectivity index (χ1) is 12.4. The average Bonchev–Trinajstić information content (AvgIpc) is 3.15. The summed E-state index contributed by atoms with van der Waals surface area (Å²) in [7, 11) is 0. The van der Waals surface area contributed by atoms with E-state index in [4.69, 9.17) is 9.15 Å². The molecule has 0 fully saturated rings. The molecule has 0 radical (unpaired) electrons. The lowest BCUT2D eigenvalue weighted by molar-refractivity contribution is -0.119. The van der Waals surface area contributed by atoms with E-state index >= 15 is 0 Å². The number of hydrogen-bond donors (Lipinski definition) is 1. The smallest absolute Gasteiger partial charge is 0.342 e. The van der Waals surface area contributed by atoms with E-state index in [-0.39, 0.29) is 0 Å². The number of furan rings is 1. The Balaban J connectivity index is 1.66. The van der Waals surface area contributed by atoms with Crippen molar-refractivity contribution in [1.82, 2.24) is 9.78 Å². The molecule has 134 valence electrons. The van der Waals surface area contributed by atoms with Gasteiger partial charge in [0.25, 0.3) is 5.91 Å². The molecule has 0 aliphatic carbocycles. The van der Waals surface area contributed by atoms with E-state index in [0.717, 1.165) is 11.4 Å². The molecule has 2 aromatic heterocycles. The van der Waals surface area contributed by atoms with Gasteiger partial charge in [0, 0.05) is 6.07 Å². The van der Waals surface area contributed by atoms with Gasteiger partial charge in [-0.3, -0.25) is 4.79 Å². The molecule has 0 bridgehead atoms. The van der Waals surface area contributed by atoms with E-state index in [1.807, 2.05) is 37.3 Å². The standard InChI is InChI=1S/C19H19N3O4/c1-12-9-17(22(21-12)15-7-5-4-6-8-15)20-18(23)11-25-19(24)16-10-13(2)26-14(16)3/h4-10H,11H2,1-3H3,(H,20,23). The Morgan fingerprint density at radius 2 is 1.88 bits per heavy atom. The van der Waals surface area contributed by atoms with Gasteiger partial charge in [-0.2, -0.15) is 5.10 Å². The Hall–Kier alpha value is -3.35. The molecule has 0 aliphatic heterocycles. The van der Waals surface area contributed by atoms with Gasteiger partial charge < -0.3 is 14.5 Å². The second kappa shape index (κ2) is 7.26. The zero-order valence-electron chi connectivity index (χ0n) is 14.8. The van der Waals surface area contributed by atoms with Crippen LogP contribution < -0.4 is 5.32 Å². The molecule has 7 heteroatoms. The minimum atomic E-state index is -0.595. The molecule has 26 heavy (non-hydrogen) atoms. The molecular weight excluding hydrogens is 334 g/mol. The molecule has 1 aromatic carbocycles. The Labute approximate surface area is 150 Å². The number of nitrogens with one attached hydrogen (secondary N) is 1. The molecule has 0 spiro atoms. The topological polar surface area (TPSA) is 86.4 Å². The Morgan fingerprint density at radius 1 is 1.15 bits per heavy atom. The number of ether oxygens (including phenoxy) is 1. The highest BCUT2D eigenvalue weighted by molar-refractivity contribution is 5.95. The van der Waals surface area contributed by atoms with Crippen molar-refractivity contribution < 1.29 is 18.7 Å². The lowest BCUT2D eigenvalue weighted by atomic mass is 10.2. The van der Waals surface area contributed by atoms with E-state index in [1.54, 1.807) is 30.7 Å². The lowest BCUT2D eigenvalue weighted by Gasteiger charge is -2.09. The zero-order chi connectivity index (χ0) is 18.7. The molecule has 0 unspecified atom stereocenters. The van der Waals surface area contributed by atoms with E-state index < -0.39 is 18.5 Å². The summed E-state index contributed by atoms with van der Waals surface area (Å²) < 4.78 is 12.0. The van der Waals surface area contributed by atoms with E-state index in [9.17, 15) is 9.59 Å². The number of esters is 1. The van der Waals surface area contributed by atoms with Gasteiger partial charge in [0.15, 0.2) is 6.61 Å². The lowest BCUT2D eigenvalue weighted by Crippen LogP contribution is -2.22. The highest BCUT2D eigenvalue weighted by Gasteiger charge is 2.17. The number of anilines is 1. The fourth-order valence-corrected chi connectivity index (χ4v) is 2.58. The maximum absolute atomic E-state index is 12.2. The van der Waals surface area contributed by atoms with Crippen LogP contribution in [-0.4, -0.2) is 28.3 Å². The Bertz CT molecular complexity index is 941. The summed E-state index contributed by atoms with van der Waals surface area (Å²) in [6, 6.07) is 12.8. The molecule has 1 N–H and O–H groups in total. The zero-order valence-corrected chi connectivity index (χ0v) is 14.8. The first-order valence-corrected chi connectivity index (χ1v) is 8.10. The van der Waals surface area contributed by atoms with Crippen LogP contribution in [-0.2, 0) is 9.53 Å².